The summed E-state index contributed by atoms with van der Waals surface area (Å²) in [6, 6.07) is 0. The second-order valence-electron chi connectivity index (χ2n) is 3.03. The minimum absolute atomic E-state index is 1.10. The fourth-order valence-electron chi connectivity index (χ4n) is 1.26. The molecule has 0 saturated heterocycles. The Balaban J connectivity index is 2.31. The van der Waals surface area contributed by atoms with Crippen LogP contribution < -0.4 is 0 Å². The Morgan fingerprint density at radius 3 is 3.00 bits per heavy atom. The maximum absolute atomic E-state index is 4.07. The maximum Gasteiger partial charge on any atom is -0.00918 e. The number of rotatable bonds is 4. The van der Waals surface area contributed by atoms with Crippen LogP contribution in [0, 0.1) is 0 Å². The highest BCUT2D eigenvalue weighted by Crippen LogP contribution is 2.22. The first-order valence-electron chi connectivity index (χ1n) is 4.38. The zero-order chi connectivity index (χ0) is 8.10. The third kappa shape index (κ3) is 2.38. The van der Waals surface area contributed by atoms with Gasteiger partial charge in [0.25, 0.3) is 0 Å². The van der Waals surface area contributed by atoms with Crippen LogP contribution >= 0.6 is 0 Å². The minimum atomic E-state index is 1.10. The van der Waals surface area contributed by atoms with Crippen molar-refractivity contribution in [3.05, 3.63) is 36.0 Å². The molecule has 0 aromatic carbocycles. The molecule has 0 bridgehead atoms. The molecule has 1 aliphatic rings. The lowest BCUT2D eigenvalue weighted by molar-refractivity contribution is 0.791. The molecule has 0 atom stereocenters. The monoisotopic (exact) mass is 148 g/mol. The van der Waals surface area contributed by atoms with Gasteiger partial charge in [0.2, 0.25) is 0 Å². The van der Waals surface area contributed by atoms with E-state index in [4.69, 9.17) is 0 Å². The van der Waals surface area contributed by atoms with Crippen molar-refractivity contribution in [1.82, 2.24) is 0 Å². The minimum Gasteiger partial charge on any atom is -0.0955 e. The van der Waals surface area contributed by atoms with Gasteiger partial charge in [0, 0.05) is 0 Å². The zero-order valence-corrected chi connectivity index (χ0v) is 7.27. The van der Waals surface area contributed by atoms with Gasteiger partial charge in [-0.25, -0.2) is 0 Å². The highest BCUT2D eigenvalue weighted by atomic mass is 14.1. The van der Waals surface area contributed by atoms with E-state index in [1.165, 1.54) is 30.4 Å². The molecule has 1 rings (SSSR count). The van der Waals surface area contributed by atoms with Gasteiger partial charge in [0.1, 0.15) is 0 Å². The van der Waals surface area contributed by atoms with Crippen molar-refractivity contribution < 1.29 is 0 Å². The molecular weight excluding hydrogens is 132 g/mol. The third-order valence-corrected chi connectivity index (χ3v) is 2.06. The molecule has 60 valence electrons. The topological polar surface area (TPSA) is 0 Å². The second-order valence-corrected chi connectivity index (χ2v) is 3.03. The maximum atomic E-state index is 4.07. The molecule has 0 aromatic heterocycles. The molecule has 0 aromatic rings. The lowest BCUT2D eigenvalue weighted by Crippen LogP contribution is -1.84. The Bertz CT molecular complexity index is 194. The van der Waals surface area contributed by atoms with Crippen molar-refractivity contribution in [2.45, 2.75) is 32.6 Å². The van der Waals surface area contributed by atoms with Crippen LogP contribution in [0.5, 0.6) is 0 Å². The molecule has 0 saturated carbocycles. The van der Waals surface area contributed by atoms with Crippen LogP contribution in [0.1, 0.15) is 32.6 Å². The van der Waals surface area contributed by atoms with Crippen molar-refractivity contribution in [1.29, 1.82) is 0 Å². The number of hydrogen-bond donors (Lipinski definition) is 0. The SMILES string of the molecule is C=C(CCCC)C1=CC=CC1. The Morgan fingerprint density at radius 2 is 2.45 bits per heavy atom. The lowest BCUT2D eigenvalue weighted by Gasteiger charge is -2.04. The van der Waals surface area contributed by atoms with E-state index in [1.807, 2.05) is 0 Å². The summed E-state index contributed by atoms with van der Waals surface area (Å²) in [6.45, 7) is 6.28. The van der Waals surface area contributed by atoms with Gasteiger partial charge in [-0.2, -0.15) is 0 Å². The highest BCUT2D eigenvalue weighted by molar-refractivity contribution is 5.37. The number of allylic oxidation sites excluding steroid dienone is 5. The van der Waals surface area contributed by atoms with Crippen LogP contribution in [0.15, 0.2) is 36.0 Å². The van der Waals surface area contributed by atoms with Crippen LogP contribution in [-0.2, 0) is 0 Å². The third-order valence-electron chi connectivity index (χ3n) is 2.06. The normalized spacial score (nSPS) is 15.2. The Labute approximate surface area is 69.3 Å². The average Bonchev–Trinajstić information content (AvgIpc) is 2.52. The smallest absolute Gasteiger partial charge is 0.00918 e. The van der Waals surface area contributed by atoms with E-state index in [0.717, 1.165) is 6.42 Å². The predicted molar refractivity (Wildman–Crippen MR) is 50.5 cm³/mol. The first-order chi connectivity index (χ1) is 5.34. The molecule has 0 amide bonds. The van der Waals surface area contributed by atoms with E-state index in [-0.39, 0.29) is 0 Å². The Hall–Kier alpha value is -0.780. The van der Waals surface area contributed by atoms with Crippen molar-refractivity contribution in [3.8, 4) is 0 Å². The first kappa shape index (κ1) is 8.32. The first-order valence-corrected chi connectivity index (χ1v) is 4.38. The van der Waals surface area contributed by atoms with Gasteiger partial charge in [-0.15, -0.1) is 0 Å². The van der Waals surface area contributed by atoms with E-state index in [0.29, 0.717) is 0 Å². The molecular formula is C11H16. The molecule has 0 fully saturated rings. The van der Waals surface area contributed by atoms with E-state index in [1.54, 1.807) is 0 Å². The molecule has 0 radical (unpaired) electrons. The van der Waals surface area contributed by atoms with Crippen LogP contribution in [-0.4, -0.2) is 0 Å². The molecule has 11 heavy (non-hydrogen) atoms. The fourth-order valence-corrected chi connectivity index (χ4v) is 1.26. The van der Waals surface area contributed by atoms with Crippen LogP contribution in [0.4, 0.5) is 0 Å². The molecule has 0 heteroatoms. The van der Waals surface area contributed by atoms with Crippen LogP contribution in [0.3, 0.4) is 0 Å². The quantitative estimate of drug-likeness (QED) is 0.571. The number of hydrogen-bond acceptors (Lipinski definition) is 0. The predicted octanol–water partition coefficient (Wildman–Crippen LogP) is 3.62. The molecule has 0 aliphatic heterocycles. The van der Waals surface area contributed by atoms with Gasteiger partial charge < -0.3 is 0 Å². The largest absolute Gasteiger partial charge is 0.0955 e. The summed E-state index contributed by atoms with van der Waals surface area (Å²) in [4.78, 5) is 0. The summed E-state index contributed by atoms with van der Waals surface area (Å²) in [5.41, 5.74) is 2.76. The molecule has 0 spiro atoms. The Morgan fingerprint density at radius 1 is 1.64 bits per heavy atom. The summed E-state index contributed by atoms with van der Waals surface area (Å²) < 4.78 is 0. The van der Waals surface area contributed by atoms with E-state index in [2.05, 4.69) is 31.7 Å². The van der Waals surface area contributed by atoms with E-state index in [9.17, 15) is 0 Å². The van der Waals surface area contributed by atoms with E-state index < -0.39 is 0 Å². The summed E-state index contributed by atoms with van der Waals surface area (Å²) in [5.74, 6) is 0. The molecule has 0 nitrogen and oxygen atoms in total. The lowest BCUT2D eigenvalue weighted by atomic mass is 10.0. The molecule has 0 heterocycles. The van der Waals surface area contributed by atoms with Gasteiger partial charge in [0.15, 0.2) is 0 Å². The Kier molecular flexibility index (Phi) is 3.15. The van der Waals surface area contributed by atoms with Gasteiger partial charge >= 0.3 is 0 Å². The van der Waals surface area contributed by atoms with Crippen molar-refractivity contribution in [2.75, 3.05) is 0 Å². The van der Waals surface area contributed by atoms with Crippen LogP contribution in [0.25, 0.3) is 0 Å². The van der Waals surface area contributed by atoms with Gasteiger partial charge in [-0.1, -0.05) is 43.7 Å². The number of unbranched alkanes of at least 4 members (excludes halogenated alkanes) is 1. The van der Waals surface area contributed by atoms with Gasteiger partial charge in [-0.05, 0) is 24.8 Å². The highest BCUT2D eigenvalue weighted by Gasteiger charge is 2.02. The van der Waals surface area contributed by atoms with Crippen LogP contribution in [0.2, 0.25) is 0 Å². The van der Waals surface area contributed by atoms with Gasteiger partial charge in [0.05, 0.1) is 0 Å². The van der Waals surface area contributed by atoms with E-state index >= 15 is 0 Å². The zero-order valence-electron chi connectivity index (χ0n) is 7.27. The molecule has 0 unspecified atom stereocenters. The van der Waals surface area contributed by atoms with Crippen molar-refractivity contribution >= 4 is 0 Å². The molecule has 0 N–H and O–H groups in total. The van der Waals surface area contributed by atoms with Crippen molar-refractivity contribution in [2.24, 2.45) is 0 Å². The molecule has 1 aliphatic carbocycles. The van der Waals surface area contributed by atoms with Gasteiger partial charge in [-0.3, -0.25) is 0 Å². The summed E-state index contributed by atoms with van der Waals surface area (Å²) in [7, 11) is 0. The summed E-state index contributed by atoms with van der Waals surface area (Å²) in [6.07, 6.45) is 11.3. The fraction of sp³-hybridized carbons (Fsp3) is 0.455. The standard InChI is InChI=1S/C11H16/c1-3-4-7-10(2)11-8-5-6-9-11/h5-6,8H,2-4,7,9H2,1H3. The summed E-state index contributed by atoms with van der Waals surface area (Å²) in [5, 5.41) is 0. The average molecular weight is 148 g/mol. The van der Waals surface area contributed by atoms with Crippen molar-refractivity contribution in [3.63, 3.8) is 0 Å². The second kappa shape index (κ2) is 4.17. The summed E-state index contributed by atoms with van der Waals surface area (Å²) >= 11 is 0.